The highest BCUT2D eigenvalue weighted by atomic mass is 32.2. The zero-order valence-corrected chi connectivity index (χ0v) is 19.1. The van der Waals surface area contributed by atoms with Gasteiger partial charge in [0.1, 0.15) is 11.8 Å². The Morgan fingerprint density at radius 2 is 1.56 bits per heavy atom. The molecule has 1 amide bonds. The molecular formula is C25H28N2O4S. The summed E-state index contributed by atoms with van der Waals surface area (Å²) in [5, 5.41) is 2.84. The number of hydrogen-bond acceptors (Lipinski definition) is 4. The molecule has 32 heavy (non-hydrogen) atoms. The quantitative estimate of drug-likeness (QED) is 0.492. The summed E-state index contributed by atoms with van der Waals surface area (Å²) in [5.41, 5.74) is 2.50. The smallest absolute Gasteiger partial charge is 0.241 e. The molecule has 0 aliphatic rings. The number of carbonyl (C=O) groups excluding carboxylic acids is 1. The second-order valence-electron chi connectivity index (χ2n) is 7.43. The summed E-state index contributed by atoms with van der Waals surface area (Å²) < 4.78 is 34.3. The first-order valence-electron chi connectivity index (χ1n) is 10.5. The molecule has 0 bridgehead atoms. The van der Waals surface area contributed by atoms with Crippen LogP contribution < -0.4 is 14.8 Å². The molecule has 0 aliphatic carbocycles. The Morgan fingerprint density at radius 3 is 2.16 bits per heavy atom. The number of benzene rings is 3. The van der Waals surface area contributed by atoms with Gasteiger partial charge >= 0.3 is 0 Å². The molecule has 3 aromatic carbocycles. The van der Waals surface area contributed by atoms with E-state index in [2.05, 4.69) is 10.0 Å². The Labute approximate surface area is 189 Å². The first kappa shape index (κ1) is 23.5. The topological polar surface area (TPSA) is 84.5 Å². The number of rotatable bonds is 10. The Hall–Kier alpha value is -3.16. The molecule has 6 nitrogen and oxygen atoms in total. The van der Waals surface area contributed by atoms with Gasteiger partial charge in [-0.2, -0.15) is 4.72 Å². The lowest BCUT2D eigenvalue weighted by Gasteiger charge is -2.19. The predicted octanol–water partition coefficient (Wildman–Crippen LogP) is 3.60. The van der Waals surface area contributed by atoms with E-state index >= 15 is 0 Å². The van der Waals surface area contributed by atoms with Crippen LogP contribution in [-0.2, 0) is 27.8 Å². The average Bonchev–Trinajstić information content (AvgIpc) is 2.79. The highest BCUT2D eigenvalue weighted by Gasteiger charge is 2.26. The van der Waals surface area contributed by atoms with Crippen molar-refractivity contribution in [2.75, 3.05) is 6.61 Å². The Bertz CT molecular complexity index is 1130. The summed E-state index contributed by atoms with van der Waals surface area (Å²) in [5.74, 6) is 0.247. The number of carbonyl (C=O) groups is 1. The van der Waals surface area contributed by atoms with E-state index in [1.807, 2.05) is 67.6 Å². The Kier molecular flexibility index (Phi) is 8.03. The van der Waals surface area contributed by atoms with Gasteiger partial charge in [-0.05, 0) is 55.2 Å². The molecule has 0 radical (unpaired) electrons. The molecule has 1 atom stereocenters. The van der Waals surface area contributed by atoms with Gasteiger partial charge in [-0.15, -0.1) is 0 Å². The van der Waals surface area contributed by atoms with Crippen LogP contribution in [0.3, 0.4) is 0 Å². The van der Waals surface area contributed by atoms with E-state index in [4.69, 9.17) is 4.74 Å². The third kappa shape index (κ3) is 6.42. The first-order valence-corrected chi connectivity index (χ1v) is 12.0. The number of amides is 1. The van der Waals surface area contributed by atoms with Gasteiger partial charge < -0.3 is 10.1 Å². The van der Waals surface area contributed by atoms with Crippen molar-refractivity contribution in [2.24, 2.45) is 0 Å². The van der Waals surface area contributed by atoms with Crippen LogP contribution in [0.15, 0.2) is 83.8 Å². The van der Waals surface area contributed by atoms with Crippen LogP contribution in [0.5, 0.6) is 5.75 Å². The molecule has 0 aliphatic heterocycles. The van der Waals surface area contributed by atoms with E-state index < -0.39 is 16.1 Å². The van der Waals surface area contributed by atoms with Crippen molar-refractivity contribution in [3.8, 4) is 5.75 Å². The molecule has 7 heteroatoms. The second-order valence-corrected chi connectivity index (χ2v) is 9.14. The van der Waals surface area contributed by atoms with Crippen molar-refractivity contribution in [3.05, 3.63) is 95.6 Å². The van der Waals surface area contributed by atoms with Gasteiger partial charge in [0, 0.05) is 6.54 Å². The van der Waals surface area contributed by atoms with Crippen LogP contribution in [0.2, 0.25) is 0 Å². The number of ether oxygens (including phenoxy) is 1. The zero-order chi connectivity index (χ0) is 23.0. The lowest BCUT2D eigenvalue weighted by Crippen LogP contribution is -2.47. The molecule has 3 rings (SSSR count). The van der Waals surface area contributed by atoms with Crippen molar-refractivity contribution in [2.45, 2.75) is 37.8 Å². The molecule has 168 valence electrons. The molecule has 3 aromatic rings. The lowest BCUT2D eigenvalue weighted by atomic mass is 10.1. The van der Waals surface area contributed by atoms with Crippen LogP contribution in [-0.4, -0.2) is 27.0 Å². The minimum Gasteiger partial charge on any atom is -0.494 e. The summed E-state index contributed by atoms with van der Waals surface area (Å²) in [6, 6.07) is 22.5. The van der Waals surface area contributed by atoms with Crippen molar-refractivity contribution >= 4 is 15.9 Å². The van der Waals surface area contributed by atoms with E-state index in [0.717, 1.165) is 11.1 Å². The van der Waals surface area contributed by atoms with Gasteiger partial charge in [0.05, 0.1) is 11.5 Å². The minimum atomic E-state index is -3.93. The lowest BCUT2D eigenvalue weighted by molar-refractivity contribution is -0.122. The van der Waals surface area contributed by atoms with Crippen LogP contribution >= 0.6 is 0 Å². The van der Waals surface area contributed by atoms with E-state index in [1.165, 1.54) is 6.07 Å². The van der Waals surface area contributed by atoms with Crippen molar-refractivity contribution in [1.82, 2.24) is 10.0 Å². The van der Waals surface area contributed by atoms with E-state index in [0.29, 0.717) is 24.5 Å². The summed E-state index contributed by atoms with van der Waals surface area (Å²) in [7, 11) is -3.93. The van der Waals surface area contributed by atoms with Crippen LogP contribution in [0.4, 0.5) is 0 Å². The highest BCUT2D eigenvalue weighted by Crippen LogP contribution is 2.22. The standard InChI is InChI=1S/C25H28N2O4S/c1-3-31-24-15-14-22(16-19(24)2)32(29,30)27-23(17-20-10-6-4-7-11-20)25(28)26-18-21-12-8-5-9-13-21/h4-16,23,27H,3,17-18H2,1-2H3,(H,26,28)/t23-/m0/s1. The molecule has 0 heterocycles. The Morgan fingerprint density at radius 1 is 0.938 bits per heavy atom. The van der Waals surface area contributed by atoms with Gasteiger partial charge in [0.15, 0.2) is 0 Å². The number of nitrogens with one attached hydrogen (secondary N) is 2. The molecule has 0 fully saturated rings. The van der Waals surface area contributed by atoms with Gasteiger partial charge in [-0.25, -0.2) is 8.42 Å². The third-order valence-electron chi connectivity index (χ3n) is 4.96. The Balaban J connectivity index is 1.80. The van der Waals surface area contributed by atoms with Crippen molar-refractivity contribution in [3.63, 3.8) is 0 Å². The summed E-state index contributed by atoms with van der Waals surface area (Å²) in [6.45, 7) is 4.46. The van der Waals surface area contributed by atoms with Crippen LogP contribution in [0, 0.1) is 6.92 Å². The fourth-order valence-corrected chi connectivity index (χ4v) is 4.59. The SMILES string of the molecule is CCOc1ccc(S(=O)(=O)N[C@@H](Cc2ccccc2)C(=O)NCc2ccccc2)cc1C. The highest BCUT2D eigenvalue weighted by molar-refractivity contribution is 7.89. The molecule has 0 unspecified atom stereocenters. The van der Waals surface area contributed by atoms with Crippen LogP contribution in [0.1, 0.15) is 23.6 Å². The molecule has 0 saturated carbocycles. The summed E-state index contributed by atoms with van der Waals surface area (Å²) >= 11 is 0. The third-order valence-corrected chi connectivity index (χ3v) is 6.43. The summed E-state index contributed by atoms with van der Waals surface area (Å²) in [6.07, 6.45) is 0.233. The van der Waals surface area contributed by atoms with Crippen molar-refractivity contribution in [1.29, 1.82) is 0 Å². The van der Waals surface area contributed by atoms with E-state index in [-0.39, 0.29) is 17.2 Å². The maximum absolute atomic E-state index is 13.1. The van der Waals surface area contributed by atoms with E-state index in [9.17, 15) is 13.2 Å². The van der Waals surface area contributed by atoms with Gasteiger partial charge in [0.2, 0.25) is 15.9 Å². The average molecular weight is 453 g/mol. The number of hydrogen-bond donors (Lipinski definition) is 2. The molecule has 0 aromatic heterocycles. The normalized spacial score (nSPS) is 12.2. The van der Waals surface area contributed by atoms with Gasteiger partial charge in [-0.1, -0.05) is 60.7 Å². The fraction of sp³-hybridized carbons (Fsp3) is 0.240. The van der Waals surface area contributed by atoms with Gasteiger partial charge in [-0.3, -0.25) is 4.79 Å². The first-order chi connectivity index (χ1) is 15.4. The molecular weight excluding hydrogens is 424 g/mol. The molecule has 2 N–H and O–H groups in total. The van der Waals surface area contributed by atoms with E-state index in [1.54, 1.807) is 19.1 Å². The zero-order valence-electron chi connectivity index (χ0n) is 18.2. The minimum absolute atomic E-state index is 0.0902. The molecule has 0 spiro atoms. The monoisotopic (exact) mass is 452 g/mol. The maximum Gasteiger partial charge on any atom is 0.241 e. The van der Waals surface area contributed by atoms with Gasteiger partial charge in [0.25, 0.3) is 0 Å². The maximum atomic E-state index is 13.1. The number of sulfonamides is 1. The summed E-state index contributed by atoms with van der Waals surface area (Å²) in [4.78, 5) is 13.1. The van der Waals surface area contributed by atoms with Crippen LogP contribution in [0.25, 0.3) is 0 Å². The fourth-order valence-electron chi connectivity index (χ4n) is 3.31. The predicted molar refractivity (Wildman–Crippen MR) is 125 cm³/mol. The van der Waals surface area contributed by atoms with Crippen molar-refractivity contribution < 1.29 is 17.9 Å². The largest absolute Gasteiger partial charge is 0.494 e. The number of aryl methyl sites for hydroxylation is 1. The second kappa shape index (κ2) is 10.9. The molecule has 0 saturated heterocycles.